The summed E-state index contributed by atoms with van der Waals surface area (Å²) in [5.74, 6) is 0.0105. The van der Waals surface area contributed by atoms with Gasteiger partial charge in [0.05, 0.1) is 0 Å². The molecule has 0 aliphatic carbocycles. The maximum atomic E-state index is 14.0. The minimum absolute atomic E-state index is 0.103. The number of hydrogen-bond acceptors (Lipinski definition) is 1. The molecular weight excluding hydrogens is 468 g/mol. The zero-order valence-corrected chi connectivity index (χ0v) is 19.1. The summed E-state index contributed by atoms with van der Waals surface area (Å²) >= 11 is -0.826. The van der Waals surface area contributed by atoms with Crippen LogP contribution in [0.5, 0.6) is 5.75 Å². The van der Waals surface area contributed by atoms with Crippen molar-refractivity contribution in [3.05, 3.63) is 89.2 Å². The molecule has 0 radical (unpaired) electrons. The molecule has 3 aromatic carbocycles. The SMILES string of the molecule is Cc1ccc(Pc2cc(Cc3ccccc3)ccc2O)c(F)c1.[Cl][Zr][Cl]. The first-order valence-corrected chi connectivity index (χ1v) is 15.2. The van der Waals surface area contributed by atoms with E-state index in [1.165, 1.54) is 11.6 Å². The van der Waals surface area contributed by atoms with Gasteiger partial charge >= 0.3 is 37.9 Å². The fourth-order valence-electron chi connectivity index (χ4n) is 2.49. The summed E-state index contributed by atoms with van der Waals surface area (Å²) in [5.41, 5.74) is 3.23. The molecule has 0 saturated carbocycles. The Labute approximate surface area is 174 Å². The first kappa shape index (κ1) is 21.6. The van der Waals surface area contributed by atoms with Gasteiger partial charge in [-0.15, -0.1) is 0 Å². The number of benzene rings is 3. The van der Waals surface area contributed by atoms with E-state index in [0.29, 0.717) is 5.30 Å². The molecular formula is C20H18Cl2FOPZr. The van der Waals surface area contributed by atoms with Gasteiger partial charge in [0, 0.05) is 10.6 Å². The molecule has 0 aliphatic rings. The van der Waals surface area contributed by atoms with Gasteiger partial charge in [-0.25, -0.2) is 4.39 Å². The van der Waals surface area contributed by atoms with E-state index in [2.05, 4.69) is 12.1 Å². The Hall–Kier alpha value is -0.717. The summed E-state index contributed by atoms with van der Waals surface area (Å²) in [6.45, 7) is 1.87. The van der Waals surface area contributed by atoms with E-state index < -0.39 is 20.8 Å². The molecule has 1 unspecified atom stereocenters. The molecule has 0 heterocycles. The van der Waals surface area contributed by atoms with E-state index in [9.17, 15) is 9.50 Å². The van der Waals surface area contributed by atoms with Crippen molar-refractivity contribution in [2.45, 2.75) is 13.3 Å². The molecule has 1 atom stereocenters. The third-order valence-electron chi connectivity index (χ3n) is 3.71. The number of aromatic hydroxyl groups is 1. The minimum atomic E-state index is -0.826. The number of hydrogen-bond donors (Lipinski definition) is 1. The zero-order valence-electron chi connectivity index (χ0n) is 14.1. The number of halogens is 3. The molecule has 0 spiro atoms. The van der Waals surface area contributed by atoms with Crippen LogP contribution in [0.3, 0.4) is 0 Å². The molecule has 0 bridgehead atoms. The van der Waals surface area contributed by atoms with Gasteiger partial charge in [-0.3, -0.25) is 0 Å². The van der Waals surface area contributed by atoms with Gasteiger partial charge in [0.1, 0.15) is 11.6 Å². The van der Waals surface area contributed by atoms with E-state index >= 15 is 0 Å². The number of aryl methyl sites for hydroxylation is 1. The van der Waals surface area contributed by atoms with Crippen molar-refractivity contribution in [1.82, 2.24) is 0 Å². The molecule has 134 valence electrons. The quantitative estimate of drug-likeness (QED) is 0.488. The first-order chi connectivity index (χ1) is 12.5. The second kappa shape index (κ2) is 11.2. The van der Waals surface area contributed by atoms with E-state index in [1.54, 1.807) is 12.1 Å². The third-order valence-corrected chi connectivity index (χ3v) is 5.05. The van der Waals surface area contributed by atoms with E-state index in [0.717, 1.165) is 22.9 Å². The van der Waals surface area contributed by atoms with Gasteiger partial charge in [0.25, 0.3) is 0 Å². The second-order valence-corrected chi connectivity index (χ2v) is 10.8. The van der Waals surface area contributed by atoms with Gasteiger partial charge in [-0.2, -0.15) is 0 Å². The van der Waals surface area contributed by atoms with Crippen molar-refractivity contribution in [2.75, 3.05) is 0 Å². The molecule has 1 N–H and O–H groups in total. The molecule has 3 aromatic rings. The van der Waals surface area contributed by atoms with Crippen LogP contribution < -0.4 is 10.6 Å². The Morgan fingerprint density at radius 1 is 0.923 bits per heavy atom. The van der Waals surface area contributed by atoms with Crippen molar-refractivity contribution in [1.29, 1.82) is 0 Å². The Morgan fingerprint density at radius 3 is 2.27 bits per heavy atom. The van der Waals surface area contributed by atoms with Gasteiger partial charge in [-0.05, 0) is 48.2 Å². The monoisotopic (exact) mass is 484 g/mol. The topological polar surface area (TPSA) is 20.2 Å². The van der Waals surface area contributed by atoms with Gasteiger partial charge in [0.2, 0.25) is 0 Å². The number of rotatable bonds is 4. The van der Waals surface area contributed by atoms with E-state index in [1.807, 2.05) is 43.3 Å². The van der Waals surface area contributed by atoms with Gasteiger partial charge in [0.15, 0.2) is 0 Å². The van der Waals surface area contributed by atoms with Crippen LogP contribution in [0.15, 0.2) is 66.7 Å². The standard InChI is InChI=1S/C20H18FOP.2ClH.Zr/c1-14-7-10-19(17(21)11-14)23-20-13-16(8-9-18(20)22)12-15-5-3-2-4-6-15;;;/h2-11,13,22-23H,12H2,1H3;2*1H;/q;;;+2/p-2. The predicted octanol–water partition coefficient (Wildman–Crippen LogP) is 5.44. The van der Waals surface area contributed by atoms with Gasteiger partial charge < -0.3 is 5.11 Å². The molecule has 3 rings (SSSR count). The summed E-state index contributed by atoms with van der Waals surface area (Å²) in [4.78, 5) is 0. The second-order valence-electron chi connectivity index (χ2n) is 5.69. The summed E-state index contributed by atoms with van der Waals surface area (Å²) in [6.07, 6.45) is 0.801. The Morgan fingerprint density at radius 2 is 1.62 bits per heavy atom. The van der Waals surface area contributed by atoms with Crippen molar-refractivity contribution < 1.29 is 30.3 Å². The van der Waals surface area contributed by atoms with Gasteiger partial charge in [-0.1, -0.05) is 57.1 Å². The predicted molar refractivity (Wildman–Crippen MR) is 108 cm³/mol. The molecule has 0 amide bonds. The number of phenols is 1. The van der Waals surface area contributed by atoms with Crippen molar-refractivity contribution in [3.8, 4) is 5.75 Å². The van der Waals surface area contributed by atoms with Crippen molar-refractivity contribution in [3.63, 3.8) is 0 Å². The molecule has 0 aromatic heterocycles. The summed E-state index contributed by atoms with van der Waals surface area (Å²) in [6, 6.07) is 21.0. The van der Waals surface area contributed by atoms with Crippen LogP contribution in [-0.4, -0.2) is 5.11 Å². The average Bonchev–Trinajstić information content (AvgIpc) is 2.62. The van der Waals surface area contributed by atoms with Crippen molar-refractivity contribution in [2.24, 2.45) is 0 Å². The third kappa shape index (κ3) is 6.78. The average molecular weight is 486 g/mol. The summed E-state index contributed by atoms with van der Waals surface area (Å²) < 4.78 is 14.0. The Bertz CT molecular complexity index is 846. The zero-order chi connectivity index (χ0) is 18.9. The molecule has 0 saturated heterocycles. The van der Waals surface area contributed by atoms with Crippen LogP contribution in [0.25, 0.3) is 0 Å². The Balaban J connectivity index is 0.000000758. The van der Waals surface area contributed by atoms with Crippen LogP contribution in [0.2, 0.25) is 0 Å². The fourth-order valence-corrected chi connectivity index (χ4v) is 3.61. The Kier molecular flexibility index (Phi) is 9.30. The molecule has 1 nitrogen and oxygen atoms in total. The van der Waals surface area contributed by atoms with E-state index in [-0.39, 0.29) is 20.1 Å². The van der Waals surface area contributed by atoms with Crippen molar-refractivity contribution >= 4 is 36.2 Å². The number of phenolic OH excluding ortho intramolecular Hbond substituents is 1. The van der Waals surface area contributed by atoms with E-state index in [4.69, 9.17) is 17.0 Å². The van der Waals surface area contributed by atoms with Crippen LogP contribution in [-0.2, 0) is 27.3 Å². The van der Waals surface area contributed by atoms with Crippen LogP contribution in [0.4, 0.5) is 4.39 Å². The summed E-state index contributed by atoms with van der Waals surface area (Å²) in [5, 5.41) is 11.5. The molecule has 0 aliphatic heterocycles. The first-order valence-electron chi connectivity index (χ1n) is 7.88. The van der Waals surface area contributed by atoms with Crippen LogP contribution in [0.1, 0.15) is 16.7 Å². The van der Waals surface area contributed by atoms with Crippen LogP contribution >= 0.6 is 25.6 Å². The fraction of sp³-hybridized carbons (Fsp3) is 0.100. The molecule has 6 heteroatoms. The molecule has 0 fully saturated rings. The van der Waals surface area contributed by atoms with Crippen LogP contribution in [0, 0.1) is 12.7 Å². The normalized spacial score (nSPS) is 10.5. The summed E-state index contributed by atoms with van der Waals surface area (Å²) in [7, 11) is 9.97. The maximum absolute atomic E-state index is 14.0. The molecule has 26 heavy (non-hydrogen) atoms.